The zero-order valence-electron chi connectivity index (χ0n) is 11.7. The Labute approximate surface area is 127 Å². The largest absolute Gasteiger partial charge is 0.425 e. The van der Waals surface area contributed by atoms with Crippen LogP contribution in [0.25, 0.3) is 0 Å². The van der Waals surface area contributed by atoms with E-state index in [1.807, 2.05) is 44.2 Å². The van der Waals surface area contributed by atoms with Gasteiger partial charge in [-0.25, -0.2) is 0 Å². The SMILES string of the molecule is Cc1ccc(CCC(=O)Oc2ccc(C)cc2Br)cc1. The van der Waals surface area contributed by atoms with E-state index >= 15 is 0 Å². The fourth-order valence-electron chi connectivity index (χ4n) is 1.86. The van der Waals surface area contributed by atoms with Crippen LogP contribution in [0.4, 0.5) is 0 Å². The molecule has 0 aliphatic rings. The van der Waals surface area contributed by atoms with Gasteiger partial charge in [-0.05, 0) is 59.5 Å². The molecule has 0 radical (unpaired) electrons. The third-order valence-electron chi connectivity index (χ3n) is 3.05. The first-order chi connectivity index (χ1) is 9.54. The van der Waals surface area contributed by atoms with Gasteiger partial charge in [0.15, 0.2) is 0 Å². The molecular weight excluding hydrogens is 316 g/mol. The molecule has 2 nitrogen and oxygen atoms in total. The second kappa shape index (κ2) is 6.71. The number of carbonyl (C=O) groups is 1. The Morgan fingerprint density at radius 2 is 1.70 bits per heavy atom. The first-order valence-corrected chi connectivity index (χ1v) is 7.36. The highest BCUT2D eigenvalue weighted by atomic mass is 79.9. The molecule has 20 heavy (non-hydrogen) atoms. The molecule has 3 heteroatoms. The second-order valence-electron chi connectivity index (χ2n) is 4.89. The molecule has 0 unspecified atom stereocenters. The lowest BCUT2D eigenvalue weighted by Gasteiger charge is -2.07. The van der Waals surface area contributed by atoms with Crippen molar-refractivity contribution < 1.29 is 9.53 Å². The molecule has 0 atom stereocenters. The molecule has 0 amide bonds. The summed E-state index contributed by atoms with van der Waals surface area (Å²) in [6, 6.07) is 13.9. The predicted octanol–water partition coefficient (Wildman–Crippen LogP) is 4.60. The van der Waals surface area contributed by atoms with E-state index < -0.39 is 0 Å². The Balaban J connectivity index is 1.90. The minimum Gasteiger partial charge on any atom is -0.425 e. The summed E-state index contributed by atoms with van der Waals surface area (Å²) in [4.78, 5) is 11.8. The van der Waals surface area contributed by atoms with Gasteiger partial charge in [-0.2, -0.15) is 0 Å². The number of rotatable bonds is 4. The Morgan fingerprint density at radius 1 is 1.05 bits per heavy atom. The minimum absolute atomic E-state index is 0.213. The molecule has 0 N–H and O–H groups in total. The first-order valence-electron chi connectivity index (χ1n) is 6.57. The number of esters is 1. The molecule has 0 saturated carbocycles. The topological polar surface area (TPSA) is 26.3 Å². The van der Waals surface area contributed by atoms with Crippen LogP contribution in [0.3, 0.4) is 0 Å². The van der Waals surface area contributed by atoms with Crippen LogP contribution in [-0.4, -0.2) is 5.97 Å². The van der Waals surface area contributed by atoms with Gasteiger partial charge in [0, 0.05) is 6.42 Å². The fourth-order valence-corrected chi connectivity index (χ4v) is 2.44. The van der Waals surface area contributed by atoms with Crippen molar-refractivity contribution in [2.45, 2.75) is 26.7 Å². The van der Waals surface area contributed by atoms with Gasteiger partial charge in [-0.3, -0.25) is 4.79 Å². The highest BCUT2D eigenvalue weighted by Crippen LogP contribution is 2.26. The average molecular weight is 333 g/mol. The van der Waals surface area contributed by atoms with Gasteiger partial charge in [-0.15, -0.1) is 0 Å². The van der Waals surface area contributed by atoms with Crippen LogP contribution in [0.2, 0.25) is 0 Å². The molecule has 0 fully saturated rings. The number of benzene rings is 2. The fraction of sp³-hybridized carbons (Fsp3) is 0.235. The normalized spacial score (nSPS) is 10.3. The maximum absolute atomic E-state index is 11.8. The Morgan fingerprint density at radius 3 is 2.35 bits per heavy atom. The van der Waals surface area contributed by atoms with E-state index in [0.717, 1.165) is 15.6 Å². The van der Waals surface area contributed by atoms with Gasteiger partial charge in [0.05, 0.1) is 4.47 Å². The molecule has 0 saturated heterocycles. The highest BCUT2D eigenvalue weighted by Gasteiger charge is 2.08. The Kier molecular flexibility index (Phi) is 4.96. The summed E-state index contributed by atoms with van der Waals surface area (Å²) in [6.07, 6.45) is 1.08. The molecule has 104 valence electrons. The standard InChI is InChI=1S/C17H17BrO2/c1-12-3-6-14(7-4-12)8-10-17(19)20-16-9-5-13(2)11-15(16)18/h3-7,9,11H,8,10H2,1-2H3. The van der Waals surface area contributed by atoms with Crippen molar-refractivity contribution in [1.82, 2.24) is 0 Å². The van der Waals surface area contributed by atoms with E-state index in [2.05, 4.69) is 28.1 Å². The monoisotopic (exact) mass is 332 g/mol. The third kappa shape index (κ3) is 4.20. The van der Waals surface area contributed by atoms with Crippen LogP contribution in [0.15, 0.2) is 46.9 Å². The maximum Gasteiger partial charge on any atom is 0.311 e. The van der Waals surface area contributed by atoms with Crippen LogP contribution >= 0.6 is 15.9 Å². The van der Waals surface area contributed by atoms with Gasteiger partial charge in [-0.1, -0.05) is 35.9 Å². The highest BCUT2D eigenvalue weighted by molar-refractivity contribution is 9.10. The molecule has 0 aliphatic heterocycles. The van der Waals surface area contributed by atoms with Gasteiger partial charge in [0.25, 0.3) is 0 Å². The number of halogens is 1. The minimum atomic E-state index is -0.213. The lowest BCUT2D eigenvalue weighted by Crippen LogP contribution is -2.09. The van der Waals surface area contributed by atoms with Crippen molar-refractivity contribution in [3.8, 4) is 5.75 Å². The van der Waals surface area contributed by atoms with E-state index in [0.29, 0.717) is 18.6 Å². The third-order valence-corrected chi connectivity index (χ3v) is 3.67. The molecule has 2 aromatic carbocycles. The van der Waals surface area contributed by atoms with E-state index in [-0.39, 0.29) is 5.97 Å². The summed E-state index contributed by atoms with van der Waals surface area (Å²) in [5, 5.41) is 0. The van der Waals surface area contributed by atoms with Crippen molar-refractivity contribution in [3.05, 3.63) is 63.6 Å². The van der Waals surface area contributed by atoms with E-state index in [1.54, 1.807) is 0 Å². The zero-order valence-corrected chi connectivity index (χ0v) is 13.2. The van der Waals surface area contributed by atoms with Gasteiger partial charge in [0.1, 0.15) is 5.75 Å². The van der Waals surface area contributed by atoms with Crippen molar-refractivity contribution in [2.24, 2.45) is 0 Å². The van der Waals surface area contributed by atoms with E-state index in [9.17, 15) is 4.79 Å². The Hall–Kier alpha value is -1.61. The maximum atomic E-state index is 11.8. The van der Waals surface area contributed by atoms with E-state index in [1.165, 1.54) is 5.56 Å². The Bertz CT molecular complexity index is 603. The summed E-state index contributed by atoms with van der Waals surface area (Å²) in [5.74, 6) is 0.361. The molecule has 0 aliphatic carbocycles. The van der Waals surface area contributed by atoms with Crippen molar-refractivity contribution >= 4 is 21.9 Å². The lowest BCUT2D eigenvalue weighted by molar-refractivity contribution is -0.134. The lowest BCUT2D eigenvalue weighted by atomic mass is 10.1. The number of hydrogen-bond acceptors (Lipinski definition) is 2. The van der Waals surface area contributed by atoms with Gasteiger partial charge in [0.2, 0.25) is 0 Å². The number of ether oxygens (including phenoxy) is 1. The summed E-state index contributed by atoms with van der Waals surface area (Å²) in [5.41, 5.74) is 3.49. The molecule has 2 aromatic rings. The summed E-state index contributed by atoms with van der Waals surface area (Å²) in [7, 11) is 0. The van der Waals surface area contributed by atoms with Gasteiger partial charge >= 0.3 is 5.97 Å². The summed E-state index contributed by atoms with van der Waals surface area (Å²) >= 11 is 3.40. The van der Waals surface area contributed by atoms with Gasteiger partial charge < -0.3 is 4.74 Å². The van der Waals surface area contributed by atoms with E-state index in [4.69, 9.17) is 4.74 Å². The zero-order chi connectivity index (χ0) is 14.5. The summed E-state index contributed by atoms with van der Waals surface area (Å²) < 4.78 is 6.17. The predicted molar refractivity (Wildman–Crippen MR) is 84.0 cm³/mol. The molecule has 0 heterocycles. The molecule has 0 bridgehead atoms. The molecule has 0 spiro atoms. The summed E-state index contributed by atoms with van der Waals surface area (Å²) in [6.45, 7) is 4.04. The van der Waals surface area contributed by atoms with Crippen molar-refractivity contribution in [3.63, 3.8) is 0 Å². The quantitative estimate of drug-likeness (QED) is 0.604. The van der Waals surface area contributed by atoms with Crippen LogP contribution in [0.1, 0.15) is 23.1 Å². The number of aryl methyl sites for hydroxylation is 3. The first kappa shape index (κ1) is 14.8. The average Bonchev–Trinajstić information content (AvgIpc) is 2.41. The number of hydrogen-bond donors (Lipinski definition) is 0. The van der Waals surface area contributed by atoms with Crippen molar-refractivity contribution in [1.29, 1.82) is 0 Å². The molecule has 0 aromatic heterocycles. The van der Waals surface area contributed by atoms with Crippen LogP contribution in [-0.2, 0) is 11.2 Å². The molecular formula is C17H17BrO2. The van der Waals surface area contributed by atoms with Crippen molar-refractivity contribution in [2.75, 3.05) is 0 Å². The second-order valence-corrected chi connectivity index (χ2v) is 5.75. The van der Waals surface area contributed by atoms with Crippen LogP contribution in [0, 0.1) is 13.8 Å². The smallest absolute Gasteiger partial charge is 0.311 e. The van der Waals surface area contributed by atoms with Crippen LogP contribution in [0.5, 0.6) is 5.75 Å². The van der Waals surface area contributed by atoms with Crippen LogP contribution < -0.4 is 4.74 Å². The molecule has 2 rings (SSSR count). The number of carbonyl (C=O) groups excluding carboxylic acids is 1.